The molecule has 1 saturated carbocycles. The quantitative estimate of drug-likeness (QED) is 0.512. The number of fused-ring (bicyclic) bond motifs is 1. The van der Waals surface area contributed by atoms with Gasteiger partial charge in [0.2, 0.25) is 0 Å². The normalized spacial score (nSPS) is 25.2. The minimum atomic E-state index is -0.915. The van der Waals surface area contributed by atoms with Crippen molar-refractivity contribution >= 4 is 39.6 Å². The first kappa shape index (κ1) is 24.0. The minimum absolute atomic E-state index is 0.0453. The summed E-state index contributed by atoms with van der Waals surface area (Å²) in [5.74, 6) is -0.436. The molecule has 1 aromatic rings. The molecule has 1 atom stereocenters. The summed E-state index contributed by atoms with van der Waals surface area (Å²) in [6, 6.07) is 0.0453. The molecule has 7 nitrogen and oxygen atoms in total. The van der Waals surface area contributed by atoms with Crippen molar-refractivity contribution in [3.8, 4) is 11.5 Å². The molecule has 3 rings (SSSR count). The zero-order valence-corrected chi connectivity index (χ0v) is 21.0. The molecule has 1 fully saturated rings. The second-order valence-electron chi connectivity index (χ2n) is 9.19. The van der Waals surface area contributed by atoms with Gasteiger partial charge in [0.25, 0.3) is 5.79 Å². The van der Waals surface area contributed by atoms with Crippen LogP contribution in [0.15, 0.2) is 4.47 Å². The molecule has 1 aromatic carbocycles. The van der Waals surface area contributed by atoms with Crippen LogP contribution >= 0.6 is 27.5 Å². The second kappa shape index (κ2) is 8.70. The molecule has 1 amide bonds. The van der Waals surface area contributed by atoms with E-state index in [-0.39, 0.29) is 17.0 Å². The Labute approximate surface area is 196 Å². The highest BCUT2D eigenvalue weighted by Crippen LogP contribution is 2.54. The third kappa shape index (κ3) is 4.90. The maximum absolute atomic E-state index is 12.2. The van der Waals surface area contributed by atoms with Gasteiger partial charge < -0.3 is 24.3 Å². The number of hydrogen-bond acceptors (Lipinski definition) is 6. The molecular weight excluding hydrogens is 490 g/mol. The molecule has 172 valence electrons. The van der Waals surface area contributed by atoms with Crippen LogP contribution < -0.4 is 14.8 Å². The van der Waals surface area contributed by atoms with E-state index in [9.17, 15) is 9.59 Å². The highest BCUT2D eigenvalue weighted by atomic mass is 79.9. The SMILES string of the molecule is COC(=O)c1c(C)c2c(c(Cl)c1Br)OC(C)(C1CCC(NC(=O)OC(C)(C)C)CC1)O2. The molecule has 0 saturated heterocycles. The molecule has 1 aliphatic heterocycles. The Morgan fingerprint density at radius 3 is 2.29 bits per heavy atom. The van der Waals surface area contributed by atoms with Crippen molar-refractivity contribution < 1.29 is 28.5 Å². The lowest BCUT2D eigenvalue weighted by atomic mass is 9.81. The van der Waals surface area contributed by atoms with Crippen molar-refractivity contribution in [2.45, 2.75) is 77.7 Å². The van der Waals surface area contributed by atoms with Gasteiger partial charge in [-0.05, 0) is 69.3 Å². The van der Waals surface area contributed by atoms with Crippen LogP contribution in [0.1, 0.15) is 69.3 Å². The lowest BCUT2D eigenvalue weighted by Gasteiger charge is -2.37. The van der Waals surface area contributed by atoms with Gasteiger partial charge in [0.1, 0.15) is 10.6 Å². The van der Waals surface area contributed by atoms with Gasteiger partial charge in [-0.15, -0.1) is 0 Å². The third-order valence-electron chi connectivity index (χ3n) is 5.72. The number of nitrogens with one attached hydrogen (secondary N) is 1. The van der Waals surface area contributed by atoms with Crippen molar-refractivity contribution in [1.82, 2.24) is 5.32 Å². The number of carbonyl (C=O) groups is 2. The molecule has 1 unspecified atom stereocenters. The van der Waals surface area contributed by atoms with Gasteiger partial charge >= 0.3 is 12.1 Å². The Morgan fingerprint density at radius 2 is 1.74 bits per heavy atom. The summed E-state index contributed by atoms with van der Waals surface area (Å²) in [4.78, 5) is 24.3. The van der Waals surface area contributed by atoms with Crippen molar-refractivity contribution in [2.75, 3.05) is 7.11 Å². The predicted octanol–water partition coefficient (Wildman–Crippen LogP) is 5.77. The largest absolute Gasteiger partial charge is 0.465 e. The number of ether oxygens (including phenoxy) is 4. The van der Waals surface area contributed by atoms with E-state index in [1.54, 1.807) is 6.92 Å². The first-order chi connectivity index (χ1) is 14.4. The molecule has 1 heterocycles. The van der Waals surface area contributed by atoms with Crippen molar-refractivity contribution in [3.05, 3.63) is 20.6 Å². The zero-order chi connectivity index (χ0) is 23.1. The Morgan fingerprint density at radius 1 is 1.16 bits per heavy atom. The van der Waals surface area contributed by atoms with Gasteiger partial charge in [0.15, 0.2) is 11.5 Å². The van der Waals surface area contributed by atoms with Crippen LogP contribution in [0.25, 0.3) is 0 Å². The van der Waals surface area contributed by atoms with Crippen LogP contribution in [0, 0.1) is 12.8 Å². The molecule has 1 N–H and O–H groups in total. The maximum Gasteiger partial charge on any atom is 0.407 e. The standard InChI is InChI=1S/C22H29BrClNO6/c1-11-14(19(26)28-6)15(23)16(24)18-17(11)29-22(5,30-18)12-7-9-13(10-8-12)25-20(27)31-21(2,3)4/h12-13H,7-10H2,1-6H3,(H,25,27). The molecule has 9 heteroatoms. The Bertz CT molecular complexity index is 891. The van der Waals surface area contributed by atoms with E-state index in [1.165, 1.54) is 7.11 Å². The number of rotatable bonds is 3. The van der Waals surface area contributed by atoms with Gasteiger partial charge in [-0.2, -0.15) is 0 Å². The number of alkyl carbamates (subject to hydrolysis) is 1. The van der Waals surface area contributed by atoms with E-state index in [4.69, 9.17) is 30.5 Å². The number of hydrogen-bond donors (Lipinski definition) is 1. The Hall–Kier alpha value is -1.67. The number of amides is 1. The van der Waals surface area contributed by atoms with Gasteiger partial charge in [-0.1, -0.05) is 11.6 Å². The fourth-order valence-electron chi connectivity index (χ4n) is 4.15. The summed E-state index contributed by atoms with van der Waals surface area (Å²) < 4.78 is 23.2. The minimum Gasteiger partial charge on any atom is -0.465 e. The van der Waals surface area contributed by atoms with E-state index in [2.05, 4.69) is 21.2 Å². The van der Waals surface area contributed by atoms with Crippen molar-refractivity contribution in [3.63, 3.8) is 0 Å². The van der Waals surface area contributed by atoms with E-state index >= 15 is 0 Å². The first-order valence-corrected chi connectivity index (χ1v) is 11.5. The van der Waals surface area contributed by atoms with Crippen LogP contribution in [0.3, 0.4) is 0 Å². The summed E-state index contributed by atoms with van der Waals surface area (Å²) >= 11 is 9.89. The number of benzene rings is 1. The van der Waals surface area contributed by atoms with Gasteiger partial charge in [-0.25, -0.2) is 9.59 Å². The van der Waals surface area contributed by atoms with Crippen LogP contribution in [0.2, 0.25) is 5.02 Å². The first-order valence-electron chi connectivity index (χ1n) is 10.3. The lowest BCUT2D eigenvalue weighted by molar-refractivity contribution is -0.121. The summed E-state index contributed by atoms with van der Waals surface area (Å²) in [5, 5.41) is 3.23. The maximum atomic E-state index is 12.2. The fraction of sp³-hybridized carbons (Fsp3) is 0.636. The topological polar surface area (TPSA) is 83.1 Å². The zero-order valence-electron chi connectivity index (χ0n) is 18.7. The average Bonchev–Trinajstić information content (AvgIpc) is 3.04. The summed E-state index contributed by atoms with van der Waals surface area (Å²) in [7, 11) is 1.32. The Balaban J connectivity index is 1.71. The summed E-state index contributed by atoms with van der Waals surface area (Å²) in [5.41, 5.74) is 0.409. The Kier molecular flexibility index (Phi) is 6.73. The summed E-state index contributed by atoms with van der Waals surface area (Å²) in [6.45, 7) is 9.19. The summed E-state index contributed by atoms with van der Waals surface area (Å²) in [6.07, 6.45) is 2.77. The molecule has 0 bridgehead atoms. The van der Waals surface area contributed by atoms with Crippen LogP contribution in [0.5, 0.6) is 11.5 Å². The second-order valence-corrected chi connectivity index (χ2v) is 10.4. The number of esters is 1. The van der Waals surface area contributed by atoms with Gasteiger partial charge in [0, 0.05) is 24.4 Å². The van der Waals surface area contributed by atoms with Crippen LogP contribution in [-0.2, 0) is 9.47 Å². The highest BCUT2D eigenvalue weighted by molar-refractivity contribution is 9.10. The molecule has 0 radical (unpaired) electrons. The average molecular weight is 519 g/mol. The van der Waals surface area contributed by atoms with E-state index < -0.39 is 23.5 Å². The fourth-order valence-corrected chi connectivity index (χ4v) is 5.00. The van der Waals surface area contributed by atoms with Gasteiger partial charge in [-0.3, -0.25) is 0 Å². The highest BCUT2D eigenvalue weighted by Gasteiger charge is 2.48. The number of methoxy groups -OCH3 is 1. The van der Waals surface area contributed by atoms with Gasteiger partial charge in [0.05, 0.1) is 17.1 Å². The third-order valence-corrected chi connectivity index (χ3v) is 7.10. The molecule has 31 heavy (non-hydrogen) atoms. The number of halogens is 2. The molecule has 1 aliphatic carbocycles. The van der Waals surface area contributed by atoms with E-state index in [0.29, 0.717) is 27.1 Å². The van der Waals surface area contributed by atoms with Crippen molar-refractivity contribution in [1.29, 1.82) is 0 Å². The van der Waals surface area contributed by atoms with Crippen LogP contribution in [0.4, 0.5) is 4.79 Å². The molecule has 2 aliphatic rings. The molecule has 0 spiro atoms. The monoisotopic (exact) mass is 517 g/mol. The smallest absolute Gasteiger partial charge is 0.407 e. The van der Waals surface area contributed by atoms with E-state index in [0.717, 1.165) is 25.7 Å². The molecule has 0 aromatic heterocycles. The molecular formula is C22H29BrClNO6. The predicted molar refractivity (Wildman–Crippen MR) is 120 cm³/mol. The van der Waals surface area contributed by atoms with E-state index in [1.807, 2.05) is 27.7 Å². The van der Waals surface area contributed by atoms with Crippen LogP contribution in [-0.4, -0.2) is 36.6 Å². The van der Waals surface area contributed by atoms with Crippen molar-refractivity contribution in [2.24, 2.45) is 5.92 Å². The lowest BCUT2D eigenvalue weighted by Crippen LogP contribution is -2.48. The number of carbonyl (C=O) groups excluding carboxylic acids is 2.